The summed E-state index contributed by atoms with van der Waals surface area (Å²) in [5, 5.41) is 12.7. The third-order valence-electron chi connectivity index (χ3n) is 4.89. The van der Waals surface area contributed by atoms with E-state index in [-0.39, 0.29) is 5.57 Å². The van der Waals surface area contributed by atoms with Crippen LogP contribution in [0.1, 0.15) is 37.1 Å². The van der Waals surface area contributed by atoms with E-state index >= 15 is 0 Å². The lowest BCUT2D eigenvalue weighted by molar-refractivity contribution is -0.118. The summed E-state index contributed by atoms with van der Waals surface area (Å²) in [5.74, 6) is 0.772. The lowest BCUT2D eigenvalue weighted by Gasteiger charge is -2.38. The number of nitriles is 1. The number of thiol groups is 1. The fourth-order valence-electron chi connectivity index (χ4n) is 3.22. The smallest absolute Gasteiger partial charge is 0.266 e. The van der Waals surface area contributed by atoms with Gasteiger partial charge in [-0.1, -0.05) is 37.1 Å². The van der Waals surface area contributed by atoms with Gasteiger partial charge in [0, 0.05) is 5.69 Å². The highest BCUT2D eigenvalue weighted by molar-refractivity contribution is 7.84. The van der Waals surface area contributed by atoms with Crippen LogP contribution in [0.25, 0.3) is 0 Å². The molecule has 2 aromatic rings. The van der Waals surface area contributed by atoms with Crippen LogP contribution in [0.5, 0.6) is 11.5 Å². The number of unbranched alkanes of at least 4 members (excludes halogenated alkanes) is 1. The quantitative estimate of drug-likeness (QED) is 0.507. The first-order chi connectivity index (χ1) is 14.5. The highest BCUT2D eigenvalue weighted by Crippen LogP contribution is 2.38. The fraction of sp³-hybridized carbons (Fsp3) is 0.304. The number of carbonyl (C=O) groups excluding carboxylic acids is 1. The average Bonchev–Trinajstić information content (AvgIpc) is 2.75. The Labute approximate surface area is 182 Å². The maximum atomic E-state index is 12.5. The summed E-state index contributed by atoms with van der Waals surface area (Å²) >= 11 is 4.53. The van der Waals surface area contributed by atoms with E-state index in [1.165, 1.54) is 0 Å². The highest BCUT2D eigenvalue weighted by atomic mass is 32.1. The van der Waals surface area contributed by atoms with Gasteiger partial charge in [0.1, 0.15) is 17.8 Å². The van der Waals surface area contributed by atoms with Crippen molar-refractivity contribution >= 4 is 24.2 Å². The van der Waals surface area contributed by atoms with E-state index in [9.17, 15) is 10.1 Å². The molecule has 156 valence electrons. The Balaban J connectivity index is 2.04. The number of amides is 1. The summed E-state index contributed by atoms with van der Waals surface area (Å²) < 4.78 is 11.3. The maximum absolute atomic E-state index is 12.5. The SMILES string of the molecule is CCCCOc1ccc(C2NC(=O)C(C#N)=C(S)N2c2ccc(C)cc2)cc1OC. The van der Waals surface area contributed by atoms with E-state index in [1.807, 2.05) is 60.4 Å². The molecule has 1 aliphatic rings. The number of rotatable bonds is 7. The van der Waals surface area contributed by atoms with Gasteiger partial charge in [0.05, 0.1) is 18.7 Å². The number of nitrogens with zero attached hydrogens (tertiary/aromatic N) is 2. The number of methoxy groups -OCH3 is 1. The summed E-state index contributed by atoms with van der Waals surface area (Å²) in [6.07, 6.45) is 1.44. The first-order valence-corrected chi connectivity index (χ1v) is 10.3. The van der Waals surface area contributed by atoms with E-state index in [2.05, 4.69) is 24.9 Å². The van der Waals surface area contributed by atoms with Crippen LogP contribution in [0, 0.1) is 18.3 Å². The molecule has 0 radical (unpaired) electrons. The summed E-state index contributed by atoms with van der Waals surface area (Å²) in [6.45, 7) is 4.71. The molecule has 1 unspecified atom stereocenters. The third kappa shape index (κ3) is 4.39. The predicted molar refractivity (Wildman–Crippen MR) is 120 cm³/mol. The van der Waals surface area contributed by atoms with Crippen molar-refractivity contribution < 1.29 is 14.3 Å². The van der Waals surface area contributed by atoms with Gasteiger partial charge >= 0.3 is 0 Å². The predicted octanol–water partition coefficient (Wildman–Crippen LogP) is 4.48. The molecular weight excluding hydrogens is 398 g/mol. The summed E-state index contributed by atoms with van der Waals surface area (Å²) in [4.78, 5) is 14.4. The molecule has 0 spiro atoms. The number of aryl methyl sites for hydroxylation is 1. The van der Waals surface area contributed by atoms with Gasteiger partial charge in [-0.25, -0.2) is 0 Å². The molecule has 0 aliphatic carbocycles. The van der Waals surface area contributed by atoms with Gasteiger partial charge in [0.2, 0.25) is 0 Å². The molecule has 2 aromatic carbocycles. The van der Waals surface area contributed by atoms with Crippen molar-refractivity contribution in [2.24, 2.45) is 0 Å². The number of hydrogen-bond acceptors (Lipinski definition) is 6. The minimum atomic E-state index is -0.552. The van der Waals surface area contributed by atoms with Crippen LogP contribution in [-0.4, -0.2) is 19.6 Å². The normalized spacial score (nSPS) is 16.2. The second-order valence-electron chi connectivity index (χ2n) is 7.00. The van der Waals surface area contributed by atoms with Gasteiger partial charge in [-0.2, -0.15) is 5.26 Å². The van der Waals surface area contributed by atoms with Crippen molar-refractivity contribution in [3.05, 3.63) is 64.2 Å². The van der Waals surface area contributed by atoms with Crippen LogP contribution in [0.2, 0.25) is 0 Å². The summed E-state index contributed by atoms with van der Waals surface area (Å²) in [5.41, 5.74) is 2.68. The van der Waals surface area contributed by atoms with Crippen molar-refractivity contribution in [3.8, 4) is 17.6 Å². The molecule has 30 heavy (non-hydrogen) atoms. The fourth-order valence-corrected chi connectivity index (χ4v) is 3.60. The number of nitrogens with one attached hydrogen (secondary N) is 1. The second-order valence-corrected chi connectivity index (χ2v) is 7.43. The van der Waals surface area contributed by atoms with Crippen LogP contribution in [-0.2, 0) is 4.79 Å². The lowest BCUT2D eigenvalue weighted by atomic mass is 10.1. The monoisotopic (exact) mass is 423 g/mol. The van der Waals surface area contributed by atoms with Gasteiger partial charge in [-0.05, 0) is 43.2 Å². The zero-order chi connectivity index (χ0) is 21.7. The standard InChI is InChI=1S/C23H25N3O3S/c1-4-5-12-29-19-11-8-16(13-20(19)28-3)21-25-22(27)18(14-24)23(30)26(21)17-9-6-15(2)7-10-17/h6-11,13,21,30H,4-5,12H2,1-3H3,(H,25,27). The van der Waals surface area contributed by atoms with Gasteiger partial charge in [-0.3, -0.25) is 4.79 Å². The Morgan fingerprint density at radius 1 is 1.20 bits per heavy atom. The number of carbonyl (C=O) groups is 1. The Kier molecular flexibility index (Phi) is 6.91. The first kappa shape index (κ1) is 21.6. The lowest BCUT2D eigenvalue weighted by Crippen LogP contribution is -2.46. The van der Waals surface area contributed by atoms with E-state index in [4.69, 9.17) is 9.47 Å². The second kappa shape index (κ2) is 9.59. The molecule has 0 saturated carbocycles. The molecule has 7 heteroatoms. The minimum Gasteiger partial charge on any atom is -0.493 e. The Morgan fingerprint density at radius 2 is 1.93 bits per heavy atom. The first-order valence-electron chi connectivity index (χ1n) is 9.81. The molecule has 1 amide bonds. The Bertz CT molecular complexity index is 996. The average molecular weight is 424 g/mol. The van der Waals surface area contributed by atoms with Crippen LogP contribution < -0.4 is 19.7 Å². The molecule has 0 saturated heterocycles. The zero-order valence-electron chi connectivity index (χ0n) is 17.3. The molecule has 3 rings (SSSR count). The van der Waals surface area contributed by atoms with Crippen molar-refractivity contribution in [1.82, 2.24) is 5.32 Å². The molecule has 0 aromatic heterocycles. The molecule has 6 nitrogen and oxygen atoms in total. The van der Waals surface area contributed by atoms with Gasteiger partial charge in [0.25, 0.3) is 5.91 Å². The Morgan fingerprint density at radius 3 is 2.57 bits per heavy atom. The van der Waals surface area contributed by atoms with E-state index in [0.717, 1.165) is 29.7 Å². The highest BCUT2D eigenvalue weighted by Gasteiger charge is 2.34. The van der Waals surface area contributed by atoms with Crippen molar-refractivity contribution in [2.45, 2.75) is 32.9 Å². The van der Waals surface area contributed by atoms with E-state index in [1.54, 1.807) is 7.11 Å². The van der Waals surface area contributed by atoms with E-state index in [0.29, 0.717) is 23.1 Å². The number of ether oxygens (including phenoxy) is 2. The van der Waals surface area contributed by atoms with Crippen LogP contribution >= 0.6 is 12.6 Å². The largest absolute Gasteiger partial charge is 0.493 e. The van der Waals surface area contributed by atoms with Crippen molar-refractivity contribution in [3.63, 3.8) is 0 Å². The van der Waals surface area contributed by atoms with Crippen LogP contribution in [0.15, 0.2) is 53.1 Å². The Hall–Kier alpha value is -3.11. The van der Waals surface area contributed by atoms with Crippen LogP contribution in [0.3, 0.4) is 0 Å². The molecule has 1 N–H and O–H groups in total. The van der Waals surface area contributed by atoms with Crippen molar-refractivity contribution in [2.75, 3.05) is 18.6 Å². The molecule has 0 bridgehead atoms. The molecule has 1 aliphatic heterocycles. The molecule has 0 fully saturated rings. The summed E-state index contributed by atoms with van der Waals surface area (Å²) in [6, 6.07) is 15.3. The van der Waals surface area contributed by atoms with Crippen molar-refractivity contribution in [1.29, 1.82) is 5.26 Å². The van der Waals surface area contributed by atoms with Crippen LogP contribution in [0.4, 0.5) is 5.69 Å². The molecule has 1 atom stereocenters. The van der Waals surface area contributed by atoms with Gasteiger partial charge in [0.15, 0.2) is 11.5 Å². The van der Waals surface area contributed by atoms with E-state index < -0.39 is 12.1 Å². The van der Waals surface area contributed by atoms with Gasteiger partial charge < -0.3 is 19.7 Å². The zero-order valence-corrected chi connectivity index (χ0v) is 18.2. The number of anilines is 1. The maximum Gasteiger partial charge on any atom is 0.266 e. The topological polar surface area (TPSA) is 74.6 Å². The molecular formula is C23H25N3O3S. The summed E-state index contributed by atoms with van der Waals surface area (Å²) in [7, 11) is 1.58. The third-order valence-corrected chi connectivity index (χ3v) is 5.33. The molecule has 1 heterocycles. The van der Waals surface area contributed by atoms with Gasteiger partial charge in [-0.15, -0.1) is 12.6 Å². The number of benzene rings is 2. The minimum absolute atomic E-state index is 0.0263. The number of hydrogen-bond donors (Lipinski definition) is 2.